The largest absolute Gasteiger partial charge is 0.462 e. The van der Waals surface area contributed by atoms with E-state index < -0.39 is 0 Å². The highest BCUT2D eigenvalue weighted by Crippen LogP contribution is 2.29. The van der Waals surface area contributed by atoms with Crippen molar-refractivity contribution in [1.29, 1.82) is 0 Å². The highest BCUT2D eigenvalue weighted by atomic mass is 16.5. The van der Waals surface area contributed by atoms with Gasteiger partial charge in [-0.25, -0.2) is 4.79 Å². The molecule has 3 rings (SSSR count). The second kappa shape index (κ2) is 7.49. The van der Waals surface area contributed by atoms with Crippen LogP contribution in [0.15, 0.2) is 46.9 Å². The third-order valence-electron chi connectivity index (χ3n) is 4.36. The molecule has 126 valence electrons. The molecule has 0 aliphatic rings. The highest BCUT2D eigenvalue weighted by Gasteiger charge is 2.12. The third-order valence-corrected chi connectivity index (χ3v) is 4.36. The molecule has 4 nitrogen and oxygen atoms in total. The van der Waals surface area contributed by atoms with E-state index in [2.05, 4.69) is 18.7 Å². The predicted octanol–water partition coefficient (Wildman–Crippen LogP) is 4.47. The van der Waals surface area contributed by atoms with Gasteiger partial charge in [-0.05, 0) is 43.8 Å². The molecule has 0 spiro atoms. The molecule has 0 saturated carbocycles. The van der Waals surface area contributed by atoms with E-state index in [1.807, 2.05) is 36.4 Å². The lowest BCUT2D eigenvalue weighted by molar-refractivity contribution is 0.0489. The van der Waals surface area contributed by atoms with Gasteiger partial charge in [-0.2, -0.15) is 0 Å². The summed E-state index contributed by atoms with van der Waals surface area (Å²) in [5.74, 6) is -0.276. The van der Waals surface area contributed by atoms with Gasteiger partial charge in [-0.3, -0.25) is 0 Å². The number of benzene rings is 2. The van der Waals surface area contributed by atoms with Crippen molar-refractivity contribution >= 4 is 27.9 Å². The second-order valence-corrected chi connectivity index (χ2v) is 5.83. The number of para-hydroxylation sites is 1. The monoisotopic (exact) mass is 325 g/mol. The van der Waals surface area contributed by atoms with Crippen LogP contribution >= 0.6 is 0 Å². The summed E-state index contributed by atoms with van der Waals surface area (Å²) in [4.78, 5) is 14.6. The van der Waals surface area contributed by atoms with Crippen LogP contribution in [0.5, 0.6) is 0 Å². The van der Waals surface area contributed by atoms with E-state index >= 15 is 0 Å². The number of hydrogen-bond donors (Lipinski definition) is 0. The molecule has 0 aliphatic carbocycles. The number of nitrogens with zero attached hydrogens (tertiary/aromatic N) is 1. The lowest BCUT2D eigenvalue weighted by atomic mass is 10.1. The minimum atomic E-state index is -0.276. The Kier molecular flexibility index (Phi) is 5.16. The van der Waals surface area contributed by atoms with Crippen molar-refractivity contribution < 1.29 is 13.9 Å². The smallest absolute Gasteiger partial charge is 0.338 e. The van der Waals surface area contributed by atoms with Gasteiger partial charge in [0.1, 0.15) is 11.2 Å². The number of esters is 1. The summed E-state index contributed by atoms with van der Waals surface area (Å²) in [7, 11) is 0. The molecule has 4 heteroatoms. The zero-order valence-electron chi connectivity index (χ0n) is 14.2. The number of furan rings is 1. The number of ether oxygens (including phenoxy) is 1. The minimum Gasteiger partial charge on any atom is -0.462 e. The first-order chi connectivity index (χ1) is 11.7. The Labute approximate surface area is 142 Å². The summed E-state index contributed by atoms with van der Waals surface area (Å²) in [6.07, 6.45) is 0.851. The number of hydrogen-bond acceptors (Lipinski definition) is 4. The third kappa shape index (κ3) is 3.44. The van der Waals surface area contributed by atoms with E-state index in [9.17, 15) is 4.79 Å². The maximum Gasteiger partial charge on any atom is 0.338 e. The van der Waals surface area contributed by atoms with Crippen LogP contribution in [0.25, 0.3) is 21.9 Å². The first-order valence-electron chi connectivity index (χ1n) is 8.53. The summed E-state index contributed by atoms with van der Waals surface area (Å²) < 4.78 is 11.2. The predicted molar refractivity (Wildman–Crippen MR) is 96.4 cm³/mol. The van der Waals surface area contributed by atoms with Crippen LogP contribution in [0.1, 0.15) is 30.6 Å². The molecule has 0 unspecified atom stereocenters. The van der Waals surface area contributed by atoms with Crippen LogP contribution in [0.3, 0.4) is 0 Å². The zero-order valence-corrected chi connectivity index (χ0v) is 14.2. The van der Waals surface area contributed by atoms with Crippen LogP contribution < -0.4 is 0 Å². The molecular weight excluding hydrogens is 302 g/mol. The zero-order chi connectivity index (χ0) is 16.9. The molecule has 1 heterocycles. The van der Waals surface area contributed by atoms with Gasteiger partial charge in [0.2, 0.25) is 0 Å². The molecule has 3 aromatic rings. The van der Waals surface area contributed by atoms with E-state index in [4.69, 9.17) is 9.15 Å². The fraction of sp³-hybridized carbons (Fsp3) is 0.350. The van der Waals surface area contributed by atoms with Gasteiger partial charge in [0, 0.05) is 17.3 Å². The molecular formula is C20H23NO3. The first-order valence-corrected chi connectivity index (χ1v) is 8.53. The Balaban J connectivity index is 1.68. The molecule has 0 N–H and O–H groups in total. The molecule has 0 atom stereocenters. The van der Waals surface area contributed by atoms with E-state index in [1.165, 1.54) is 0 Å². The van der Waals surface area contributed by atoms with Gasteiger partial charge < -0.3 is 14.1 Å². The Morgan fingerprint density at radius 2 is 1.79 bits per heavy atom. The molecule has 0 radical (unpaired) electrons. The van der Waals surface area contributed by atoms with Crippen LogP contribution in [-0.2, 0) is 4.74 Å². The van der Waals surface area contributed by atoms with Gasteiger partial charge in [0.15, 0.2) is 0 Å². The minimum absolute atomic E-state index is 0.276. The van der Waals surface area contributed by atoms with Crippen molar-refractivity contribution in [1.82, 2.24) is 4.90 Å². The lowest BCUT2D eigenvalue weighted by Crippen LogP contribution is -2.25. The quantitative estimate of drug-likeness (QED) is 0.475. The SMILES string of the molecule is CCN(CC)CCCOC(=O)c1ccc2oc3ccccc3c2c1. The Morgan fingerprint density at radius 1 is 1.04 bits per heavy atom. The average molecular weight is 325 g/mol. The van der Waals surface area contributed by atoms with Crippen LogP contribution in [0.4, 0.5) is 0 Å². The number of rotatable bonds is 7. The van der Waals surface area contributed by atoms with Crippen LogP contribution in [-0.4, -0.2) is 37.1 Å². The van der Waals surface area contributed by atoms with Crippen molar-refractivity contribution in [3.63, 3.8) is 0 Å². The Bertz CT molecular complexity index is 833. The fourth-order valence-corrected chi connectivity index (χ4v) is 2.93. The number of carbonyl (C=O) groups is 1. The normalized spacial score (nSPS) is 11.5. The van der Waals surface area contributed by atoms with Crippen LogP contribution in [0, 0.1) is 0 Å². The van der Waals surface area contributed by atoms with Crippen LogP contribution in [0.2, 0.25) is 0 Å². The van der Waals surface area contributed by atoms with Crippen molar-refractivity contribution in [2.75, 3.05) is 26.2 Å². The van der Waals surface area contributed by atoms with Gasteiger partial charge in [0.25, 0.3) is 0 Å². The molecule has 0 amide bonds. The maximum atomic E-state index is 12.3. The summed E-state index contributed by atoms with van der Waals surface area (Å²) in [5, 5.41) is 1.96. The van der Waals surface area contributed by atoms with Gasteiger partial charge >= 0.3 is 5.97 Å². The molecule has 24 heavy (non-hydrogen) atoms. The number of fused-ring (bicyclic) bond motifs is 3. The van der Waals surface area contributed by atoms with E-state index in [-0.39, 0.29) is 5.97 Å². The summed E-state index contributed by atoms with van der Waals surface area (Å²) in [6.45, 7) is 7.72. The standard InChI is InChI=1S/C20H23NO3/c1-3-21(4-2)12-7-13-23-20(22)15-10-11-19-17(14-15)16-8-5-6-9-18(16)24-19/h5-6,8-11,14H,3-4,7,12-13H2,1-2H3. The second-order valence-electron chi connectivity index (χ2n) is 5.83. The van der Waals surface area contributed by atoms with Crippen molar-refractivity contribution in [2.45, 2.75) is 20.3 Å². The van der Waals surface area contributed by atoms with Crippen molar-refractivity contribution in [3.05, 3.63) is 48.0 Å². The first kappa shape index (κ1) is 16.5. The Morgan fingerprint density at radius 3 is 2.58 bits per heavy atom. The molecule has 1 aromatic heterocycles. The van der Waals surface area contributed by atoms with E-state index in [0.717, 1.165) is 48.0 Å². The van der Waals surface area contributed by atoms with Crippen molar-refractivity contribution in [2.24, 2.45) is 0 Å². The average Bonchev–Trinajstić information content (AvgIpc) is 2.99. The fourth-order valence-electron chi connectivity index (χ4n) is 2.93. The van der Waals surface area contributed by atoms with Gasteiger partial charge in [0.05, 0.1) is 12.2 Å². The summed E-state index contributed by atoms with van der Waals surface area (Å²) >= 11 is 0. The molecule has 2 aromatic carbocycles. The molecule has 0 fully saturated rings. The maximum absolute atomic E-state index is 12.3. The molecule has 0 bridgehead atoms. The number of carbonyl (C=O) groups excluding carboxylic acids is 1. The topological polar surface area (TPSA) is 42.7 Å². The van der Waals surface area contributed by atoms with Gasteiger partial charge in [-0.15, -0.1) is 0 Å². The summed E-state index contributed by atoms with van der Waals surface area (Å²) in [5.41, 5.74) is 2.18. The molecule has 0 saturated heterocycles. The molecule has 0 aliphatic heterocycles. The van der Waals surface area contributed by atoms with Crippen molar-refractivity contribution in [3.8, 4) is 0 Å². The summed E-state index contributed by atoms with van der Waals surface area (Å²) in [6, 6.07) is 13.3. The Hall–Kier alpha value is -2.33. The van der Waals surface area contributed by atoms with Gasteiger partial charge in [-0.1, -0.05) is 32.0 Å². The van der Waals surface area contributed by atoms with E-state index in [0.29, 0.717) is 12.2 Å². The lowest BCUT2D eigenvalue weighted by Gasteiger charge is -2.17. The van der Waals surface area contributed by atoms with E-state index in [1.54, 1.807) is 6.07 Å². The highest BCUT2D eigenvalue weighted by molar-refractivity contribution is 6.07.